The van der Waals surface area contributed by atoms with E-state index in [9.17, 15) is 9.59 Å². The number of thiazole rings is 1. The zero-order valence-corrected chi connectivity index (χ0v) is 20.0. The van der Waals surface area contributed by atoms with Crippen molar-refractivity contribution in [2.75, 3.05) is 26.2 Å². The molecule has 3 aliphatic rings. The maximum Gasteiger partial charge on any atom is 0.409 e. The van der Waals surface area contributed by atoms with Crippen LogP contribution in [0.3, 0.4) is 0 Å². The maximum absolute atomic E-state index is 13.1. The van der Waals surface area contributed by atoms with Crippen LogP contribution in [-0.4, -0.2) is 68.8 Å². The fraction of sp³-hybridized carbons (Fsp3) is 0.652. The number of likely N-dealkylation sites (tertiary alicyclic amines) is 1. The van der Waals surface area contributed by atoms with E-state index in [0.717, 1.165) is 62.6 Å². The summed E-state index contributed by atoms with van der Waals surface area (Å²) in [5.41, 5.74) is 2.86. The van der Waals surface area contributed by atoms with Crippen LogP contribution in [0.2, 0.25) is 0 Å². The molecule has 1 aliphatic carbocycles. The Balaban J connectivity index is 1.28. The van der Waals surface area contributed by atoms with Gasteiger partial charge >= 0.3 is 6.09 Å². The van der Waals surface area contributed by atoms with E-state index in [0.29, 0.717) is 30.8 Å². The standard InChI is InChI=1S/C23H32N6O3S/c1-2-32-23(31)27-9-5-17(6-10-27)28-11-7-19-18(15-28)21(26-29(19)14-16-3-4-16)22(30)25-13-20-24-8-12-33-20/h8,12,16-17H,2-7,9-11,13-15H2,1H3,(H,25,30). The van der Waals surface area contributed by atoms with Gasteiger partial charge in [-0.3, -0.25) is 14.4 Å². The van der Waals surface area contributed by atoms with Crippen LogP contribution in [0.15, 0.2) is 11.6 Å². The molecule has 0 aromatic carbocycles. The van der Waals surface area contributed by atoms with Gasteiger partial charge in [-0.1, -0.05) is 0 Å². The van der Waals surface area contributed by atoms with Gasteiger partial charge in [-0.2, -0.15) is 5.10 Å². The summed E-state index contributed by atoms with van der Waals surface area (Å²) in [6.45, 7) is 6.73. The van der Waals surface area contributed by atoms with Gasteiger partial charge in [0.25, 0.3) is 5.91 Å². The molecule has 0 bridgehead atoms. The van der Waals surface area contributed by atoms with Crippen molar-refractivity contribution in [1.29, 1.82) is 0 Å². The van der Waals surface area contributed by atoms with E-state index in [1.165, 1.54) is 29.9 Å². The number of hydrogen-bond acceptors (Lipinski definition) is 7. The molecule has 0 radical (unpaired) electrons. The van der Waals surface area contributed by atoms with Gasteiger partial charge in [-0.05, 0) is 38.5 Å². The first-order chi connectivity index (χ1) is 16.1. The summed E-state index contributed by atoms with van der Waals surface area (Å²) in [7, 11) is 0. The number of nitrogens with one attached hydrogen (secondary N) is 1. The van der Waals surface area contributed by atoms with Crippen LogP contribution >= 0.6 is 11.3 Å². The van der Waals surface area contributed by atoms with Crippen molar-refractivity contribution in [2.24, 2.45) is 5.92 Å². The lowest BCUT2D eigenvalue weighted by atomic mass is 9.98. The highest BCUT2D eigenvalue weighted by molar-refractivity contribution is 7.09. The number of hydrogen-bond donors (Lipinski definition) is 1. The first-order valence-corrected chi connectivity index (χ1v) is 12.9. The van der Waals surface area contributed by atoms with E-state index in [4.69, 9.17) is 9.84 Å². The summed E-state index contributed by atoms with van der Waals surface area (Å²) in [6.07, 6.45) is 6.82. The number of carbonyl (C=O) groups is 2. The predicted molar refractivity (Wildman–Crippen MR) is 124 cm³/mol. The smallest absolute Gasteiger partial charge is 0.409 e. The number of fused-ring (bicyclic) bond motifs is 1. The molecule has 4 heterocycles. The molecule has 178 valence electrons. The monoisotopic (exact) mass is 472 g/mol. The summed E-state index contributed by atoms with van der Waals surface area (Å²) >= 11 is 1.54. The second-order valence-corrected chi connectivity index (χ2v) is 10.1. The second kappa shape index (κ2) is 9.80. The van der Waals surface area contributed by atoms with Crippen LogP contribution < -0.4 is 5.32 Å². The Morgan fingerprint density at radius 3 is 2.73 bits per heavy atom. The third-order valence-corrected chi connectivity index (χ3v) is 7.68. The van der Waals surface area contributed by atoms with E-state index in [2.05, 4.69) is 19.9 Å². The summed E-state index contributed by atoms with van der Waals surface area (Å²) in [5, 5.41) is 10.6. The van der Waals surface area contributed by atoms with Crippen molar-refractivity contribution in [3.8, 4) is 0 Å². The molecule has 33 heavy (non-hydrogen) atoms. The van der Waals surface area contributed by atoms with Crippen molar-refractivity contribution < 1.29 is 14.3 Å². The van der Waals surface area contributed by atoms with E-state index in [1.54, 1.807) is 11.1 Å². The Bertz CT molecular complexity index is 979. The minimum Gasteiger partial charge on any atom is -0.450 e. The molecule has 0 spiro atoms. The quantitative estimate of drug-likeness (QED) is 0.666. The Hall–Kier alpha value is -2.46. The van der Waals surface area contributed by atoms with E-state index in [-0.39, 0.29) is 12.0 Å². The minimum absolute atomic E-state index is 0.116. The van der Waals surface area contributed by atoms with Crippen molar-refractivity contribution in [3.05, 3.63) is 33.5 Å². The Kier molecular flexibility index (Phi) is 6.64. The molecule has 2 aliphatic heterocycles. The van der Waals surface area contributed by atoms with Crippen LogP contribution in [0.1, 0.15) is 59.4 Å². The fourth-order valence-electron chi connectivity index (χ4n) is 4.91. The summed E-state index contributed by atoms with van der Waals surface area (Å²) < 4.78 is 7.26. The topological polar surface area (TPSA) is 92.6 Å². The molecule has 2 aromatic heterocycles. The lowest BCUT2D eigenvalue weighted by molar-refractivity contribution is 0.0699. The Morgan fingerprint density at radius 1 is 1.21 bits per heavy atom. The van der Waals surface area contributed by atoms with Crippen LogP contribution in [0.5, 0.6) is 0 Å². The lowest BCUT2D eigenvalue weighted by Crippen LogP contribution is -2.48. The number of amides is 2. The fourth-order valence-corrected chi connectivity index (χ4v) is 5.47. The van der Waals surface area contributed by atoms with Gasteiger partial charge in [0.15, 0.2) is 5.69 Å². The molecule has 1 saturated carbocycles. The molecule has 0 atom stereocenters. The maximum atomic E-state index is 13.1. The van der Waals surface area contributed by atoms with E-state index < -0.39 is 0 Å². The van der Waals surface area contributed by atoms with Crippen LogP contribution in [-0.2, 0) is 30.8 Å². The molecule has 5 rings (SSSR count). The third kappa shape index (κ3) is 5.06. The van der Waals surface area contributed by atoms with Crippen molar-refractivity contribution in [1.82, 2.24) is 29.9 Å². The molecule has 1 N–H and O–H groups in total. The Labute approximate surface area is 198 Å². The van der Waals surface area contributed by atoms with Gasteiger partial charge in [-0.15, -0.1) is 11.3 Å². The van der Waals surface area contributed by atoms with Gasteiger partial charge in [0.05, 0.1) is 13.2 Å². The molecule has 1 saturated heterocycles. The van der Waals surface area contributed by atoms with E-state index in [1.807, 2.05) is 12.3 Å². The number of ether oxygens (including phenoxy) is 1. The van der Waals surface area contributed by atoms with Gasteiger partial charge in [0.2, 0.25) is 0 Å². The molecule has 0 unspecified atom stereocenters. The first-order valence-electron chi connectivity index (χ1n) is 12.0. The van der Waals surface area contributed by atoms with Crippen molar-refractivity contribution in [3.63, 3.8) is 0 Å². The van der Waals surface area contributed by atoms with Crippen LogP contribution in [0, 0.1) is 5.92 Å². The molecular formula is C23H32N6O3S. The molecule has 2 aromatic rings. The van der Waals surface area contributed by atoms with E-state index >= 15 is 0 Å². The molecule has 2 amide bonds. The normalized spacial score (nSPS) is 19.4. The SMILES string of the molecule is CCOC(=O)N1CCC(N2CCc3c(c(C(=O)NCc4nccs4)nn3CC3CC3)C2)CC1. The lowest BCUT2D eigenvalue weighted by Gasteiger charge is -2.39. The second-order valence-electron chi connectivity index (χ2n) is 9.15. The van der Waals surface area contributed by atoms with Crippen molar-refractivity contribution in [2.45, 2.75) is 64.7 Å². The molecule has 9 nitrogen and oxygen atoms in total. The number of aromatic nitrogens is 3. The van der Waals surface area contributed by atoms with Gasteiger partial charge in [-0.25, -0.2) is 9.78 Å². The summed E-state index contributed by atoms with van der Waals surface area (Å²) in [4.78, 5) is 33.7. The van der Waals surface area contributed by atoms with Crippen LogP contribution in [0.4, 0.5) is 4.79 Å². The van der Waals surface area contributed by atoms with Gasteiger partial charge in [0.1, 0.15) is 5.01 Å². The zero-order chi connectivity index (χ0) is 22.8. The highest BCUT2D eigenvalue weighted by Crippen LogP contribution is 2.33. The molecule has 10 heteroatoms. The van der Waals surface area contributed by atoms with Crippen LogP contribution in [0.25, 0.3) is 0 Å². The molecular weight excluding hydrogens is 440 g/mol. The number of carbonyl (C=O) groups excluding carboxylic acids is 2. The highest BCUT2D eigenvalue weighted by Gasteiger charge is 2.34. The first kappa shape index (κ1) is 22.3. The minimum atomic E-state index is -0.211. The highest BCUT2D eigenvalue weighted by atomic mass is 32.1. The average molecular weight is 473 g/mol. The average Bonchev–Trinajstić information content (AvgIpc) is 3.36. The predicted octanol–water partition coefficient (Wildman–Crippen LogP) is 2.66. The van der Waals surface area contributed by atoms with Crippen molar-refractivity contribution >= 4 is 23.3 Å². The van der Waals surface area contributed by atoms with Gasteiger partial charge < -0.3 is 15.0 Å². The molecule has 2 fully saturated rings. The number of piperidine rings is 1. The Morgan fingerprint density at radius 2 is 2.03 bits per heavy atom. The van der Waals surface area contributed by atoms with Gasteiger partial charge in [0, 0.05) is 68.0 Å². The third-order valence-electron chi connectivity index (χ3n) is 6.90. The number of rotatable bonds is 7. The summed E-state index contributed by atoms with van der Waals surface area (Å²) in [6, 6.07) is 0.404. The summed E-state index contributed by atoms with van der Waals surface area (Å²) in [5.74, 6) is 0.584. The zero-order valence-electron chi connectivity index (χ0n) is 19.2. The largest absolute Gasteiger partial charge is 0.450 e. The number of nitrogens with zero attached hydrogens (tertiary/aromatic N) is 5.